The fraction of sp³-hybridized carbons (Fsp3) is 0.545. The van der Waals surface area contributed by atoms with E-state index in [1.165, 1.54) is 0 Å². The van der Waals surface area contributed by atoms with E-state index in [1.54, 1.807) is 11.3 Å². The van der Waals surface area contributed by atoms with Crippen LogP contribution in [0.25, 0.3) is 0 Å². The maximum absolute atomic E-state index is 11.6. The zero-order valence-electron chi connectivity index (χ0n) is 9.55. The van der Waals surface area contributed by atoms with Crippen LogP contribution in [0.5, 0.6) is 0 Å². The molecule has 3 N–H and O–H groups in total. The normalized spacial score (nSPS) is 11.5. The summed E-state index contributed by atoms with van der Waals surface area (Å²) in [6.07, 6.45) is 0.468. The van der Waals surface area contributed by atoms with Crippen molar-refractivity contribution in [1.82, 2.24) is 5.32 Å². The second kappa shape index (κ2) is 5.80. The van der Waals surface area contributed by atoms with Gasteiger partial charge in [0.05, 0.1) is 10.3 Å². The lowest BCUT2D eigenvalue weighted by atomic mass is 9.89. The number of hydrogen-bond donors (Lipinski definition) is 2. The quantitative estimate of drug-likeness (QED) is 0.878. The molecule has 0 aromatic carbocycles. The number of hydrogen-bond acceptors (Lipinski definition) is 3. The molecule has 1 aromatic heterocycles. The van der Waals surface area contributed by atoms with Crippen LogP contribution in [0.1, 0.15) is 25.1 Å². The zero-order valence-corrected chi connectivity index (χ0v) is 12.0. The Balaban J connectivity index is 2.36. The molecular formula is C11H17BrN2OS. The first-order chi connectivity index (χ1) is 7.43. The third-order valence-corrected chi connectivity index (χ3v) is 3.90. The average molecular weight is 305 g/mol. The summed E-state index contributed by atoms with van der Waals surface area (Å²) in [5.41, 5.74) is 5.46. The molecule has 1 heterocycles. The Morgan fingerprint density at radius 2 is 2.25 bits per heavy atom. The van der Waals surface area contributed by atoms with E-state index in [-0.39, 0.29) is 11.3 Å². The molecule has 0 atom stereocenters. The summed E-state index contributed by atoms with van der Waals surface area (Å²) in [7, 11) is 0. The molecule has 1 aromatic rings. The van der Waals surface area contributed by atoms with Crippen LogP contribution in [0.15, 0.2) is 15.9 Å². The highest BCUT2D eigenvalue weighted by Gasteiger charge is 2.19. The summed E-state index contributed by atoms with van der Waals surface area (Å²) in [5, 5.41) is 2.90. The van der Waals surface area contributed by atoms with Crippen LogP contribution in [0.4, 0.5) is 0 Å². The summed E-state index contributed by atoms with van der Waals surface area (Å²) in [4.78, 5) is 12.8. The number of rotatable bonds is 5. The fourth-order valence-electron chi connectivity index (χ4n) is 1.20. The molecule has 0 saturated heterocycles. The van der Waals surface area contributed by atoms with Gasteiger partial charge in [-0.2, -0.15) is 0 Å². The minimum atomic E-state index is -0.125. The van der Waals surface area contributed by atoms with Crippen LogP contribution < -0.4 is 11.1 Å². The molecule has 3 nitrogen and oxygen atoms in total. The predicted octanol–water partition coefficient (Wildman–Crippen LogP) is 2.50. The van der Waals surface area contributed by atoms with Gasteiger partial charge in [-0.25, -0.2) is 0 Å². The van der Waals surface area contributed by atoms with Crippen molar-refractivity contribution in [2.24, 2.45) is 11.1 Å². The Morgan fingerprint density at radius 1 is 1.56 bits per heavy atom. The van der Waals surface area contributed by atoms with Crippen molar-refractivity contribution in [2.45, 2.75) is 26.8 Å². The van der Waals surface area contributed by atoms with E-state index in [2.05, 4.69) is 21.2 Å². The van der Waals surface area contributed by atoms with Gasteiger partial charge in [-0.05, 0) is 40.0 Å². The van der Waals surface area contributed by atoms with Crippen molar-refractivity contribution in [1.29, 1.82) is 0 Å². The monoisotopic (exact) mass is 304 g/mol. The van der Waals surface area contributed by atoms with Gasteiger partial charge in [0, 0.05) is 11.3 Å². The first-order valence-corrected chi connectivity index (χ1v) is 6.75. The van der Waals surface area contributed by atoms with Gasteiger partial charge in [0.2, 0.25) is 5.91 Å². The topological polar surface area (TPSA) is 55.1 Å². The predicted molar refractivity (Wildman–Crippen MR) is 71.3 cm³/mol. The van der Waals surface area contributed by atoms with Crippen molar-refractivity contribution in [3.05, 3.63) is 20.8 Å². The lowest BCUT2D eigenvalue weighted by Crippen LogP contribution is -2.32. The molecule has 16 heavy (non-hydrogen) atoms. The minimum absolute atomic E-state index is 0.0555. The van der Waals surface area contributed by atoms with Gasteiger partial charge in [0.25, 0.3) is 0 Å². The van der Waals surface area contributed by atoms with Gasteiger partial charge in [-0.3, -0.25) is 4.79 Å². The molecule has 5 heteroatoms. The lowest BCUT2D eigenvalue weighted by molar-refractivity contribution is -0.123. The highest BCUT2D eigenvalue weighted by Crippen LogP contribution is 2.22. The standard InChI is InChI=1S/C11H17BrN2OS/c1-11(2,7-13)5-10(15)14-6-8-3-4-9(12)16-8/h3-4H,5-7,13H2,1-2H3,(H,14,15). The summed E-state index contributed by atoms with van der Waals surface area (Å²) >= 11 is 5.02. The molecule has 1 rings (SSSR count). The van der Waals surface area contributed by atoms with Crippen molar-refractivity contribution in [2.75, 3.05) is 6.54 Å². The largest absolute Gasteiger partial charge is 0.351 e. The van der Waals surface area contributed by atoms with Gasteiger partial charge in [0.15, 0.2) is 0 Å². The Hall–Kier alpha value is -0.390. The highest BCUT2D eigenvalue weighted by molar-refractivity contribution is 9.11. The number of nitrogens with two attached hydrogens (primary N) is 1. The zero-order chi connectivity index (χ0) is 12.2. The molecule has 0 radical (unpaired) electrons. The Labute approximate surface area is 109 Å². The second-order valence-corrected chi connectivity index (χ2v) is 7.08. The number of carbonyl (C=O) groups is 1. The highest BCUT2D eigenvalue weighted by atomic mass is 79.9. The fourth-order valence-corrected chi connectivity index (χ4v) is 2.62. The SMILES string of the molecule is CC(C)(CN)CC(=O)NCc1ccc(Br)s1. The first kappa shape index (κ1) is 13.7. The van der Waals surface area contributed by atoms with Gasteiger partial charge in [-0.1, -0.05) is 13.8 Å². The summed E-state index contributed by atoms with van der Waals surface area (Å²) < 4.78 is 1.08. The van der Waals surface area contributed by atoms with E-state index in [0.29, 0.717) is 19.5 Å². The average Bonchev–Trinajstić information content (AvgIpc) is 2.61. The molecule has 0 spiro atoms. The van der Waals surface area contributed by atoms with Crippen molar-refractivity contribution >= 4 is 33.2 Å². The van der Waals surface area contributed by atoms with Gasteiger partial charge in [-0.15, -0.1) is 11.3 Å². The van der Waals surface area contributed by atoms with E-state index in [9.17, 15) is 4.79 Å². The van der Waals surface area contributed by atoms with Crippen molar-refractivity contribution in [3.8, 4) is 0 Å². The molecule has 0 unspecified atom stereocenters. The first-order valence-electron chi connectivity index (χ1n) is 5.14. The maximum atomic E-state index is 11.6. The third kappa shape index (κ3) is 4.63. The van der Waals surface area contributed by atoms with Gasteiger partial charge in [0.1, 0.15) is 0 Å². The molecule has 0 saturated carbocycles. The Kier molecular flexibility index (Phi) is 4.95. The van der Waals surface area contributed by atoms with Gasteiger partial charge >= 0.3 is 0 Å². The van der Waals surface area contributed by atoms with E-state index in [1.807, 2.05) is 26.0 Å². The number of thiophene rings is 1. The molecule has 1 amide bonds. The Bertz CT molecular complexity index is 363. The van der Waals surface area contributed by atoms with Crippen LogP contribution in [-0.2, 0) is 11.3 Å². The number of halogens is 1. The number of carbonyl (C=O) groups excluding carboxylic acids is 1. The van der Waals surface area contributed by atoms with Crippen LogP contribution in [0, 0.1) is 5.41 Å². The summed E-state index contributed by atoms with van der Waals surface area (Å²) in [6, 6.07) is 3.99. The van der Waals surface area contributed by atoms with Crippen LogP contribution >= 0.6 is 27.3 Å². The molecule has 0 fully saturated rings. The number of amides is 1. The van der Waals surface area contributed by atoms with E-state index in [0.717, 1.165) is 8.66 Å². The Morgan fingerprint density at radius 3 is 2.75 bits per heavy atom. The molecular weight excluding hydrogens is 288 g/mol. The van der Waals surface area contributed by atoms with E-state index >= 15 is 0 Å². The smallest absolute Gasteiger partial charge is 0.220 e. The van der Waals surface area contributed by atoms with Crippen LogP contribution in [0.3, 0.4) is 0 Å². The lowest BCUT2D eigenvalue weighted by Gasteiger charge is -2.21. The maximum Gasteiger partial charge on any atom is 0.220 e. The third-order valence-electron chi connectivity index (χ3n) is 2.28. The minimum Gasteiger partial charge on any atom is -0.351 e. The molecule has 90 valence electrons. The molecule has 0 aliphatic rings. The molecule has 0 bridgehead atoms. The summed E-state index contributed by atoms with van der Waals surface area (Å²) in [6.45, 7) is 5.10. The second-order valence-electron chi connectivity index (χ2n) is 4.53. The summed E-state index contributed by atoms with van der Waals surface area (Å²) in [5.74, 6) is 0.0555. The number of nitrogens with one attached hydrogen (secondary N) is 1. The van der Waals surface area contributed by atoms with Crippen LogP contribution in [0.2, 0.25) is 0 Å². The molecule has 0 aliphatic heterocycles. The van der Waals surface area contributed by atoms with Crippen molar-refractivity contribution < 1.29 is 4.79 Å². The van der Waals surface area contributed by atoms with Gasteiger partial charge < -0.3 is 11.1 Å². The van der Waals surface area contributed by atoms with Crippen LogP contribution in [-0.4, -0.2) is 12.5 Å². The molecule has 0 aliphatic carbocycles. The van der Waals surface area contributed by atoms with E-state index < -0.39 is 0 Å². The van der Waals surface area contributed by atoms with Crippen molar-refractivity contribution in [3.63, 3.8) is 0 Å². The van der Waals surface area contributed by atoms with E-state index in [4.69, 9.17) is 5.73 Å².